The molecule has 0 amide bonds. The highest BCUT2D eigenvalue weighted by Gasteiger charge is 2.13. The third-order valence-corrected chi connectivity index (χ3v) is 2.42. The molecule has 0 heterocycles. The molecule has 0 aliphatic rings. The predicted molar refractivity (Wildman–Crippen MR) is 55.2 cm³/mol. The van der Waals surface area contributed by atoms with Crippen LogP contribution in [-0.2, 0) is 0 Å². The van der Waals surface area contributed by atoms with Gasteiger partial charge in [0, 0.05) is 11.3 Å². The fourth-order valence-corrected chi connectivity index (χ4v) is 1.79. The van der Waals surface area contributed by atoms with E-state index in [1.807, 2.05) is 26.8 Å². The third-order valence-electron chi connectivity index (χ3n) is 2.23. The molecule has 0 radical (unpaired) electrons. The molecule has 3 heteroatoms. The number of carbonyl (C=O) groups is 1. The number of anilines is 1. The number of carbonyl (C=O) groups excluding carboxylic acids is 1. The summed E-state index contributed by atoms with van der Waals surface area (Å²) in [6.07, 6.45) is 0. The molecule has 0 unspecified atom stereocenters. The van der Waals surface area contributed by atoms with E-state index in [4.69, 9.17) is 17.3 Å². The average molecular weight is 198 g/mol. The van der Waals surface area contributed by atoms with Gasteiger partial charge in [-0.15, -0.1) is 0 Å². The van der Waals surface area contributed by atoms with E-state index >= 15 is 0 Å². The van der Waals surface area contributed by atoms with E-state index in [9.17, 15) is 4.79 Å². The summed E-state index contributed by atoms with van der Waals surface area (Å²) in [5.74, 6) is 0. The van der Waals surface area contributed by atoms with Crippen molar-refractivity contribution in [1.29, 1.82) is 0 Å². The Morgan fingerprint density at radius 3 is 2.31 bits per heavy atom. The Hall–Kier alpha value is -1.02. The zero-order chi connectivity index (χ0) is 10.2. The Bertz CT molecular complexity index is 372. The summed E-state index contributed by atoms with van der Waals surface area (Å²) in [7, 11) is 0. The Balaban J connectivity index is 3.53. The molecule has 1 aromatic carbocycles. The van der Waals surface area contributed by atoms with Gasteiger partial charge in [0.05, 0.1) is 0 Å². The standard InChI is InChI=1S/C10H12ClNO/c1-5-4-6(2)9(12)7(3)8(5)10(11)13/h4H,12H2,1-3H3. The number of hydrogen-bond donors (Lipinski definition) is 1. The number of halogens is 1. The Morgan fingerprint density at radius 1 is 1.31 bits per heavy atom. The zero-order valence-electron chi connectivity index (χ0n) is 7.94. The normalized spacial score (nSPS) is 10.2. The minimum absolute atomic E-state index is 0.443. The van der Waals surface area contributed by atoms with Gasteiger partial charge in [0.25, 0.3) is 5.24 Å². The molecule has 0 fully saturated rings. The number of nitrogen functional groups attached to an aromatic ring is 1. The molecule has 0 bridgehead atoms. The van der Waals surface area contributed by atoms with Gasteiger partial charge < -0.3 is 5.73 Å². The number of aryl methyl sites for hydroxylation is 2. The van der Waals surface area contributed by atoms with Crippen LogP contribution in [0.15, 0.2) is 6.07 Å². The number of rotatable bonds is 1. The van der Waals surface area contributed by atoms with Crippen LogP contribution in [0.1, 0.15) is 27.0 Å². The van der Waals surface area contributed by atoms with Gasteiger partial charge in [0.15, 0.2) is 0 Å². The second-order valence-corrected chi connectivity index (χ2v) is 3.54. The summed E-state index contributed by atoms with van der Waals surface area (Å²) in [6, 6.07) is 1.87. The Labute approximate surface area is 82.7 Å². The van der Waals surface area contributed by atoms with Gasteiger partial charge in [-0.25, -0.2) is 0 Å². The quantitative estimate of drug-likeness (QED) is 0.556. The highest BCUT2D eigenvalue weighted by Crippen LogP contribution is 2.25. The van der Waals surface area contributed by atoms with Crippen LogP contribution in [0, 0.1) is 20.8 Å². The number of nitrogens with two attached hydrogens (primary N) is 1. The lowest BCUT2D eigenvalue weighted by Gasteiger charge is -2.10. The van der Waals surface area contributed by atoms with Gasteiger partial charge in [-0.1, -0.05) is 6.07 Å². The fourth-order valence-electron chi connectivity index (χ4n) is 1.50. The van der Waals surface area contributed by atoms with Crippen LogP contribution >= 0.6 is 11.6 Å². The van der Waals surface area contributed by atoms with Crippen molar-refractivity contribution in [3.63, 3.8) is 0 Å². The van der Waals surface area contributed by atoms with E-state index < -0.39 is 5.24 Å². The van der Waals surface area contributed by atoms with Crippen molar-refractivity contribution in [3.05, 3.63) is 28.3 Å². The van der Waals surface area contributed by atoms with Gasteiger partial charge in [-0.3, -0.25) is 4.79 Å². The molecule has 1 aromatic rings. The second kappa shape index (κ2) is 3.38. The molecule has 0 atom stereocenters. The smallest absolute Gasteiger partial charge is 0.253 e. The number of hydrogen-bond acceptors (Lipinski definition) is 2. The Kier molecular flexibility index (Phi) is 2.62. The summed E-state index contributed by atoms with van der Waals surface area (Å²) in [4.78, 5) is 11.1. The molecule has 2 nitrogen and oxygen atoms in total. The maximum atomic E-state index is 11.1. The first-order valence-corrected chi connectivity index (χ1v) is 4.39. The largest absolute Gasteiger partial charge is 0.398 e. The monoisotopic (exact) mass is 197 g/mol. The van der Waals surface area contributed by atoms with E-state index in [0.717, 1.165) is 16.7 Å². The van der Waals surface area contributed by atoms with Crippen LogP contribution in [0.5, 0.6) is 0 Å². The van der Waals surface area contributed by atoms with Gasteiger partial charge in [-0.05, 0) is 49.1 Å². The lowest BCUT2D eigenvalue weighted by Crippen LogP contribution is -2.03. The molecule has 2 N–H and O–H groups in total. The van der Waals surface area contributed by atoms with Crippen LogP contribution in [0.25, 0.3) is 0 Å². The molecular formula is C10H12ClNO. The van der Waals surface area contributed by atoms with Gasteiger partial charge in [-0.2, -0.15) is 0 Å². The molecule has 13 heavy (non-hydrogen) atoms. The first-order chi connectivity index (χ1) is 5.95. The SMILES string of the molecule is Cc1cc(C)c(C(=O)Cl)c(C)c1N. The summed E-state index contributed by atoms with van der Waals surface area (Å²) >= 11 is 5.44. The molecule has 0 aliphatic heterocycles. The maximum Gasteiger partial charge on any atom is 0.253 e. The van der Waals surface area contributed by atoms with Crippen molar-refractivity contribution in [2.45, 2.75) is 20.8 Å². The van der Waals surface area contributed by atoms with Crippen LogP contribution in [0.2, 0.25) is 0 Å². The summed E-state index contributed by atoms with van der Waals surface area (Å²) in [5, 5.41) is -0.443. The minimum Gasteiger partial charge on any atom is -0.398 e. The molecular weight excluding hydrogens is 186 g/mol. The summed E-state index contributed by atoms with van der Waals surface area (Å²) < 4.78 is 0. The Morgan fingerprint density at radius 2 is 1.85 bits per heavy atom. The van der Waals surface area contributed by atoms with E-state index in [0.29, 0.717) is 11.3 Å². The van der Waals surface area contributed by atoms with Crippen molar-refractivity contribution >= 4 is 22.5 Å². The molecule has 0 saturated carbocycles. The van der Waals surface area contributed by atoms with E-state index in [1.54, 1.807) is 0 Å². The van der Waals surface area contributed by atoms with Crippen LogP contribution in [-0.4, -0.2) is 5.24 Å². The van der Waals surface area contributed by atoms with Crippen molar-refractivity contribution in [3.8, 4) is 0 Å². The van der Waals surface area contributed by atoms with E-state index in [1.165, 1.54) is 0 Å². The van der Waals surface area contributed by atoms with Gasteiger partial charge >= 0.3 is 0 Å². The molecule has 1 rings (SSSR count). The second-order valence-electron chi connectivity index (χ2n) is 3.20. The first kappa shape index (κ1) is 10.1. The lowest BCUT2D eigenvalue weighted by atomic mass is 9.98. The maximum absolute atomic E-state index is 11.1. The van der Waals surface area contributed by atoms with E-state index in [2.05, 4.69) is 0 Å². The third kappa shape index (κ3) is 1.68. The average Bonchev–Trinajstić information content (AvgIpc) is 1.99. The highest BCUT2D eigenvalue weighted by molar-refractivity contribution is 6.68. The summed E-state index contributed by atoms with van der Waals surface area (Å²) in [6.45, 7) is 5.58. The highest BCUT2D eigenvalue weighted by atomic mass is 35.5. The van der Waals surface area contributed by atoms with Crippen LogP contribution < -0.4 is 5.73 Å². The summed E-state index contributed by atoms with van der Waals surface area (Å²) in [5.41, 5.74) is 9.60. The predicted octanol–water partition coefficient (Wildman–Crippen LogP) is 2.57. The molecule has 0 aliphatic carbocycles. The minimum atomic E-state index is -0.443. The molecule has 0 spiro atoms. The van der Waals surface area contributed by atoms with Gasteiger partial charge in [0.1, 0.15) is 0 Å². The van der Waals surface area contributed by atoms with Crippen molar-refractivity contribution < 1.29 is 4.79 Å². The number of benzene rings is 1. The topological polar surface area (TPSA) is 43.1 Å². The lowest BCUT2D eigenvalue weighted by molar-refractivity contribution is 0.108. The fraction of sp³-hybridized carbons (Fsp3) is 0.300. The molecule has 0 saturated heterocycles. The van der Waals surface area contributed by atoms with Crippen LogP contribution in [0.4, 0.5) is 5.69 Å². The van der Waals surface area contributed by atoms with Crippen molar-refractivity contribution in [2.24, 2.45) is 0 Å². The molecule has 70 valence electrons. The molecule has 0 aromatic heterocycles. The van der Waals surface area contributed by atoms with E-state index in [-0.39, 0.29) is 0 Å². The van der Waals surface area contributed by atoms with Gasteiger partial charge in [0.2, 0.25) is 0 Å². The van der Waals surface area contributed by atoms with Crippen LogP contribution in [0.3, 0.4) is 0 Å². The van der Waals surface area contributed by atoms with Crippen molar-refractivity contribution in [2.75, 3.05) is 5.73 Å². The van der Waals surface area contributed by atoms with Crippen molar-refractivity contribution in [1.82, 2.24) is 0 Å². The first-order valence-electron chi connectivity index (χ1n) is 4.01. The zero-order valence-corrected chi connectivity index (χ0v) is 8.70.